The third-order valence-electron chi connectivity index (χ3n) is 4.97. The van der Waals surface area contributed by atoms with Crippen molar-refractivity contribution in [1.29, 1.82) is 0 Å². The topological polar surface area (TPSA) is 20.3 Å². The number of amides is 1. The molecule has 3 unspecified atom stereocenters. The molecule has 0 bridgehead atoms. The average Bonchev–Trinajstić information content (AvgIpc) is 3.24. The monoisotopic (exact) mass is 247 g/mol. The second-order valence-corrected chi connectivity index (χ2v) is 6.57. The molecule has 1 amide bonds. The van der Waals surface area contributed by atoms with Gasteiger partial charge in [-0.15, -0.1) is 0 Å². The van der Waals surface area contributed by atoms with Crippen LogP contribution in [0.2, 0.25) is 0 Å². The average molecular weight is 247 g/mol. The summed E-state index contributed by atoms with van der Waals surface area (Å²) in [6.07, 6.45) is 12.7. The molecule has 2 heteroatoms. The highest BCUT2D eigenvalue weighted by Crippen LogP contribution is 2.48. The first-order chi connectivity index (χ1) is 8.74. The summed E-state index contributed by atoms with van der Waals surface area (Å²) in [4.78, 5) is 13.8. The third kappa shape index (κ3) is 2.96. The largest absolute Gasteiger partial charge is 0.342 e. The van der Waals surface area contributed by atoms with Crippen molar-refractivity contribution < 1.29 is 4.79 Å². The number of carbonyl (C=O) groups is 1. The zero-order valence-corrected chi connectivity index (χ0v) is 11.5. The van der Waals surface area contributed by atoms with Crippen LogP contribution in [0.1, 0.15) is 45.4 Å². The van der Waals surface area contributed by atoms with E-state index in [9.17, 15) is 4.79 Å². The molecule has 0 heterocycles. The first-order valence-electron chi connectivity index (χ1n) is 7.64. The van der Waals surface area contributed by atoms with Gasteiger partial charge in [0.25, 0.3) is 0 Å². The van der Waals surface area contributed by atoms with Gasteiger partial charge >= 0.3 is 0 Å². The second kappa shape index (κ2) is 5.07. The van der Waals surface area contributed by atoms with Crippen molar-refractivity contribution in [2.24, 2.45) is 23.7 Å². The lowest BCUT2D eigenvalue weighted by Crippen LogP contribution is -2.33. The minimum Gasteiger partial charge on any atom is -0.342 e. The Morgan fingerprint density at radius 2 is 2.06 bits per heavy atom. The standard InChI is InChI=1S/C16H25NO/c1-12(18)17(10-13-7-8-13)11-15-9-16(15)14-5-3-2-4-6-14/h2-3,13-16H,4-11H2,1H3. The molecule has 0 radical (unpaired) electrons. The molecule has 2 saturated carbocycles. The van der Waals surface area contributed by atoms with E-state index in [4.69, 9.17) is 0 Å². The summed E-state index contributed by atoms with van der Waals surface area (Å²) in [6, 6.07) is 0. The lowest BCUT2D eigenvalue weighted by atomic mass is 9.89. The van der Waals surface area contributed by atoms with Gasteiger partial charge in [0, 0.05) is 20.0 Å². The van der Waals surface area contributed by atoms with E-state index >= 15 is 0 Å². The molecular formula is C16H25NO. The Morgan fingerprint density at radius 3 is 2.67 bits per heavy atom. The SMILES string of the molecule is CC(=O)N(CC1CC1)CC1CC1C1CC=CCC1. The Kier molecular flexibility index (Phi) is 3.45. The van der Waals surface area contributed by atoms with Gasteiger partial charge in [0.2, 0.25) is 5.91 Å². The molecule has 0 aromatic rings. The number of rotatable bonds is 5. The van der Waals surface area contributed by atoms with E-state index in [-0.39, 0.29) is 5.91 Å². The Morgan fingerprint density at radius 1 is 1.22 bits per heavy atom. The van der Waals surface area contributed by atoms with Crippen LogP contribution < -0.4 is 0 Å². The smallest absolute Gasteiger partial charge is 0.219 e. The molecular weight excluding hydrogens is 222 g/mol. The summed E-state index contributed by atoms with van der Waals surface area (Å²) in [5, 5.41) is 0. The molecule has 2 fully saturated rings. The fourth-order valence-corrected chi connectivity index (χ4v) is 3.49. The highest BCUT2D eigenvalue weighted by atomic mass is 16.2. The summed E-state index contributed by atoms with van der Waals surface area (Å²) in [6.45, 7) is 3.81. The van der Waals surface area contributed by atoms with Gasteiger partial charge in [-0.2, -0.15) is 0 Å². The van der Waals surface area contributed by atoms with Crippen LogP contribution in [0.4, 0.5) is 0 Å². The maximum Gasteiger partial charge on any atom is 0.219 e. The first kappa shape index (κ1) is 12.3. The van der Waals surface area contributed by atoms with Crippen LogP contribution in [-0.4, -0.2) is 23.9 Å². The van der Waals surface area contributed by atoms with E-state index in [1.807, 2.05) is 0 Å². The summed E-state index contributed by atoms with van der Waals surface area (Å²) >= 11 is 0. The molecule has 3 aliphatic carbocycles. The molecule has 2 nitrogen and oxygen atoms in total. The van der Waals surface area contributed by atoms with Crippen molar-refractivity contribution in [1.82, 2.24) is 4.90 Å². The number of nitrogens with zero attached hydrogens (tertiary/aromatic N) is 1. The molecule has 18 heavy (non-hydrogen) atoms. The Labute approximate surface area is 110 Å². The number of hydrogen-bond acceptors (Lipinski definition) is 1. The maximum atomic E-state index is 11.7. The summed E-state index contributed by atoms with van der Waals surface area (Å²) in [5.74, 6) is 3.75. The summed E-state index contributed by atoms with van der Waals surface area (Å²) in [7, 11) is 0. The normalized spacial score (nSPS) is 34.4. The molecule has 0 aromatic carbocycles. The van der Waals surface area contributed by atoms with Gasteiger partial charge in [0.1, 0.15) is 0 Å². The van der Waals surface area contributed by atoms with Crippen LogP contribution in [0.5, 0.6) is 0 Å². The molecule has 0 aromatic heterocycles. The van der Waals surface area contributed by atoms with Crippen LogP contribution in [0, 0.1) is 23.7 Å². The van der Waals surface area contributed by atoms with Gasteiger partial charge in [-0.25, -0.2) is 0 Å². The Balaban J connectivity index is 1.47. The van der Waals surface area contributed by atoms with Crippen LogP contribution in [-0.2, 0) is 4.79 Å². The van der Waals surface area contributed by atoms with E-state index in [1.54, 1.807) is 6.92 Å². The van der Waals surface area contributed by atoms with Gasteiger partial charge in [-0.3, -0.25) is 4.79 Å². The zero-order chi connectivity index (χ0) is 12.5. The van der Waals surface area contributed by atoms with E-state index < -0.39 is 0 Å². The van der Waals surface area contributed by atoms with Crippen LogP contribution >= 0.6 is 0 Å². The Hall–Kier alpha value is -0.790. The molecule has 100 valence electrons. The molecule has 3 rings (SSSR count). The minimum atomic E-state index is 0.288. The summed E-state index contributed by atoms with van der Waals surface area (Å²) < 4.78 is 0. The van der Waals surface area contributed by atoms with Gasteiger partial charge < -0.3 is 4.90 Å². The predicted octanol–water partition coefficient (Wildman–Crippen LogP) is 3.24. The van der Waals surface area contributed by atoms with Crippen LogP contribution in [0.25, 0.3) is 0 Å². The first-order valence-corrected chi connectivity index (χ1v) is 7.64. The molecule has 3 aliphatic rings. The van der Waals surface area contributed by atoms with Crippen LogP contribution in [0.3, 0.4) is 0 Å². The van der Waals surface area contributed by atoms with Crippen molar-refractivity contribution >= 4 is 5.91 Å². The van der Waals surface area contributed by atoms with Crippen molar-refractivity contribution in [2.75, 3.05) is 13.1 Å². The number of carbonyl (C=O) groups excluding carboxylic acids is 1. The highest BCUT2D eigenvalue weighted by Gasteiger charge is 2.43. The summed E-state index contributed by atoms with van der Waals surface area (Å²) in [5.41, 5.74) is 0. The van der Waals surface area contributed by atoms with Crippen molar-refractivity contribution in [3.8, 4) is 0 Å². The van der Waals surface area contributed by atoms with E-state index in [0.717, 1.165) is 36.8 Å². The predicted molar refractivity (Wildman–Crippen MR) is 73.1 cm³/mol. The van der Waals surface area contributed by atoms with E-state index in [0.29, 0.717) is 0 Å². The Bertz CT molecular complexity index is 345. The lowest BCUT2D eigenvalue weighted by Gasteiger charge is -2.23. The van der Waals surface area contributed by atoms with Gasteiger partial charge in [0.05, 0.1) is 0 Å². The van der Waals surface area contributed by atoms with Gasteiger partial charge in [0.15, 0.2) is 0 Å². The van der Waals surface area contributed by atoms with Gasteiger partial charge in [-0.05, 0) is 62.2 Å². The lowest BCUT2D eigenvalue weighted by molar-refractivity contribution is -0.129. The van der Waals surface area contributed by atoms with E-state index in [1.165, 1.54) is 38.5 Å². The minimum absolute atomic E-state index is 0.288. The van der Waals surface area contributed by atoms with Crippen molar-refractivity contribution in [3.63, 3.8) is 0 Å². The molecule has 0 N–H and O–H groups in total. The molecule has 0 saturated heterocycles. The second-order valence-electron chi connectivity index (χ2n) is 6.57. The zero-order valence-electron chi connectivity index (χ0n) is 11.5. The fourth-order valence-electron chi connectivity index (χ4n) is 3.49. The maximum absolute atomic E-state index is 11.7. The number of hydrogen-bond donors (Lipinski definition) is 0. The van der Waals surface area contributed by atoms with Crippen LogP contribution in [0.15, 0.2) is 12.2 Å². The molecule has 0 aliphatic heterocycles. The third-order valence-corrected chi connectivity index (χ3v) is 4.97. The van der Waals surface area contributed by atoms with Crippen molar-refractivity contribution in [3.05, 3.63) is 12.2 Å². The van der Waals surface area contributed by atoms with Crippen molar-refractivity contribution in [2.45, 2.75) is 45.4 Å². The molecule has 3 atom stereocenters. The number of allylic oxidation sites excluding steroid dienone is 2. The van der Waals surface area contributed by atoms with E-state index in [2.05, 4.69) is 17.1 Å². The fraction of sp³-hybridized carbons (Fsp3) is 0.812. The highest BCUT2D eigenvalue weighted by molar-refractivity contribution is 5.73. The van der Waals surface area contributed by atoms with Gasteiger partial charge in [-0.1, -0.05) is 12.2 Å². The molecule has 0 spiro atoms. The quantitative estimate of drug-likeness (QED) is 0.683.